The van der Waals surface area contributed by atoms with Gasteiger partial charge < -0.3 is 15.0 Å². The van der Waals surface area contributed by atoms with E-state index in [9.17, 15) is 4.39 Å². The molecule has 1 heterocycles. The van der Waals surface area contributed by atoms with Crippen LogP contribution in [0.1, 0.15) is 11.4 Å². The molecule has 0 spiro atoms. The van der Waals surface area contributed by atoms with Gasteiger partial charge in [-0.25, -0.2) is 9.37 Å². The van der Waals surface area contributed by atoms with E-state index in [1.54, 1.807) is 18.3 Å². The Morgan fingerprint density at radius 3 is 2.89 bits per heavy atom. The topological polar surface area (TPSA) is 53.1 Å². The number of benzene rings is 1. The van der Waals surface area contributed by atoms with Crippen LogP contribution in [0.5, 0.6) is 5.75 Å². The standard InChI is InChI=1S/C13H16FN3O/c1-17-6-5-16-13(17)4-7-18-12-3-2-10(9-15)8-11(12)14/h2-3,5-6,8H,4,7,9,15H2,1H3. The Balaban J connectivity index is 1.92. The molecule has 2 N–H and O–H groups in total. The molecule has 18 heavy (non-hydrogen) atoms. The molecule has 0 aliphatic carbocycles. The minimum absolute atomic E-state index is 0.251. The van der Waals surface area contributed by atoms with Crippen molar-refractivity contribution >= 4 is 0 Å². The average molecular weight is 249 g/mol. The summed E-state index contributed by atoms with van der Waals surface area (Å²) < 4.78 is 20.9. The van der Waals surface area contributed by atoms with E-state index in [1.165, 1.54) is 6.07 Å². The van der Waals surface area contributed by atoms with Crippen LogP contribution >= 0.6 is 0 Å². The molecule has 0 aliphatic rings. The smallest absolute Gasteiger partial charge is 0.165 e. The summed E-state index contributed by atoms with van der Waals surface area (Å²) in [6.07, 6.45) is 4.24. The maximum absolute atomic E-state index is 13.6. The summed E-state index contributed by atoms with van der Waals surface area (Å²) in [4.78, 5) is 4.17. The monoisotopic (exact) mass is 249 g/mol. The third-order valence-electron chi connectivity index (χ3n) is 2.74. The van der Waals surface area contributed by atoms with Gasteiger partial charge in [0, 0.05) is 32.4 Å². The van der Waals surface area contributed by atoms with Crippen molar-refractivity contribution in [3.8, 4) is 5.75 Å². The molecule has 0 saturated carbocycles. The van der Waals surface area contributed by atoms with Crippen molar-refractivity contribution in [1.82, 2.24) is 9.55 Å². The molecule has 0 aliphatic heterocycles. The first-order chi connectivity index (χ1) is 8.70. The zero-order valence-corrected chi connectivity index (χ0v) is 10.3. The molecule has 4 nitrogen and oxygen atoms in total. The molecule has 1 aromatic heterocycles. The van der Waals surface area contributed by atoms with Gasteiger partial charge in [-0.1, -0.05) is 6.07 Å². The van der Waals surface area contributed by atoms with Crippen molar-refractivity contribution in [3.63, 3.8) is 0 Å². The van der Waals surface area contributed by atoms with Gasteiger partial charge in [-0.15, -0.1) is 0 Å². The summed E-state index contributed by atoms with van der Waals surface area (Å²) in [6, 6.07) is 4.77. The third-order valence-corrected chi connectivity index (χ3v) is 2.74. The average Bonchev–Trinajstić information content (AvgIpc) is 2.77. The Morgan fingerprint density at radius 1 is 1.44 bits per heavy atom. The Hall–Kier alpha value is -1.88. The second-order valence-corrected chi connectivity index (χ2v) is 4.02. The minimum atomic E-state index is -0.377. The molecule has 2 rings (SSSR count). The number of imidazole rings is 1. The van der Waals surface area contributed by atoms with Gasteiger partial charge in [0.25, 0.3) is 0 Å². The molecular formula is C13H16FN3O. The number of aryl methyl sites for hydroxylation is 1. The summed E-state index contributed by atoms with van der Waals surface area (Å²) in [5, 5.41) is 0. The van der Waals surface area contributed by atoms with Crippen LogP contribution < -0.4 is 10.5 Å². The maximum Gasteiger partial charge on any atom is 0.165 e. The second kappa shape index (κ2) is 5.64. The van der Waals surface area contributed by atoms with Crippen LogP contribution in [0.2, 0.25) is 0 Å². The molecule has 0 amide bonds. The summed E-state index contributed by atoms with van der Waals surface area (Å²) in [7, 11) is 1.92. The van der Waals surface area contributed by atoms with E-state index >= 15 is 0 Å². The Bertz CT molecular complexity index is 525. The zero-order valence-electron chi connectivity index (χ0n) is 10.3. The molecule has 0 atom stereocenters. The maximum atomic E-state index is 13.6. The lowest BCUT2D eigenvalue weighted by Gasteiger charge is -2.08. The number of halogens is 1. The molecular weight excluding hydrogens is 233 g/mol. The normalized spacial score (nSPS) is 10.6. The van der Waals surface area contributed by atoms with E-state index in [4.69, 9.17) is 10.5 Å². The van der Waals surface area contributed by atoms with Crippen LogP contribution in [0.25, 0.3) is 0 Å². The number of aromatic nitrogens is 2. The second-order valence-electron chi connectivity index (χ2n) is 4.02. The highest BCUT2D eigenvalue weighted by molar-refractivity contribution is 5.29. The first kappa shape index (κ1) is 12.6. The number of hydrogen-bond acceptors (Lipinski definition) is 3. The van der Waals surface area contributed by atoms with Gasteiger partial charge in [-0.05, 0) is 17.7 Å². The number of rotatable bonds is 5. The minimum Gasteiger partial charge on any atom is -0.490 e. The van der Waals surface area contributed by atoms with Crippen LogP contribution in [-0.4, -0.2) is 16.2 Å². The van der Waals surface area contributed by atoms with Crippen molar-refractivity contribution in [2.24, 2.45) is 12.8 Å². The molecule has 0 fully saturated rings. The molecule has 5 heteroatoms. The lowest BCUT2D eigenvalue weighted by Crippen LogP contribution is -2.07. The predicted molar refractivity (Wildman–Crippen MR) is 66.7 cm³/mol. The highest BCUT2D eigenvalue weighted by Crippen LogP contribution is 2.18. The van der Waals surface area contributed by atoms with Crippen LogP contribution in [0, 0.1) is 5.82 Å². The highest BCUT2D eigenvalue weighted by atomic mass is 19.1. The number of nitrogens with zero attached hydrogens (tertiary/aromatic N) is 2. The first-order valence-corrected chi connectivity index (χ1v) is 5.78. The molecule has 1 aromatic carbocycles. The molecule has 0 saturated heterocycles. The Labute approximate surface area is 105 Å². The van der Waals surface area contributed by atoms with E-state index < -0.39 is 0 Å². The fourth-order valence-electron chi connectivity index (χ4n) is 1.68. The van der Waals surface area contributed by atoms with Crippen molar-refractivity contribution < 1.29 is 9.13 Å². The lowest BCUT2D eigenvalue weighted by molar-refractivity contribution is 0.301. The van der Waals surface area contributed by atoms with Gasteiger partial charge in [-0.2, -0.15) is 0 Å². The summed E-state index contributed by atoms with van der Waals surface area (Å²) in [6.45, 7) is 0.716. The summed E-state index contributed by atoms with van der Waals surface area (Å²) >= 11 is 0. The largest absolute Gasteiger partial charge is 0.490 e. The van der Waals surface area contributed by atoms with Gasteiger partial charge in [0.2, 0.25) is 0 Å². The predicted octanol–water partition coefficient (Wildman–Crippen LogP) is 1.64. The van der Waals surface area contributed by atoms with E-state index in [1.807, 2.05) is 17.8 Å². The van der Waals surface area contributed by atoms with E-state index in [0.717, 1.165) is 11.4 Å². The summed E-state index contributed by atoms with van der Waals surface area (Å²) in [5.41, 5.74) is 6.18. The summed E-state index contributed by atoms with van der Waals surface area (Å²) in [5.74, 6) is 0.785. The number of nitrogens with two attached hydrogens (primary N) is 1. The van der Waals surface area contributed by atoms with Crippen molar-refractivity contribution in [2.45, 2.75) is 13.0 Å². The van der Waals surface area contributed by atoms with E-state index in [2.05, 4.69) is 4.98 Å². The number of ether oxygens (including phenoxy) is 1. The first-order valence-electron chi connectivity index (χ1n) is 5.78. The van der Waals surface area contributed by atoms with Crippen LogP contribution in [0.4, 0.5) is 4.39 Å². The fraction of sp³-hybridized carbons (Fsp3) is 0.308. The van der Waals surface area contributed by atoms with E-state index in [-0.39, 0.29) is 11.6 Å². The van der Waals surface area contributed by atoms with Gasteiger partial charge in [0.1, 0.15) is 5.82 Å². The molecule has 96 valence electrons. The third kappa shape index (κ3) is 2.87. The molecule has 0 radical (unpaired) electrons. The van der Waals surface area contributed by atoms with Crippen molar-refractivity contribution in [2.75, 3.05) is 6.61 Å². The fourth-order valence-corrected chi connectivity index (χ4v) is 1.68. The van der Waals surface area contributed by atoms with E-state index in [0.29, 0.717) is 19.6 Å². The molecule has 0 unspecified atom stereocenters. The highest BCUT2D eigenvalue weighted by Gasteiger charge is 2.05. The van der Waals surface area contributed by atoms with Gasteiger partial charge in [0.15, 0.2) is 11.6 Å². The van der Waals surface area contributed by atoms with Crippen LogP contribution in [0.3, 0.4) is 0 Å². The van der Waals surface area contributed by atoms with Crippen molar-refractivity contribution in [3.05, 3.63) is 47.8 Å². The van der Waals surface area contributed by atoms with Gasteiger partial charge in [-0.3, -0.25) is 0 Å². The quantitative estimate of drug-likeness (QED) is 0.876. The van der Waals surface area contributed by atoms with Crippen LogP contribution in [-0.2, 0) is 20.0 Å². The lowest BCUT2D eigenvalue weighted by atomic mass is 10.2. The number of hydrogen-bond donors (Lipinski definition) is 1. The Kier molecular flexibility index (Phi) is 3.94. The zero-order chi connectivity index (χ0) is 13.0. The van der Waals surface area contributed by atoms with Gasteiger partial charge >= 0.3 is 0 Å². The SMILES string of the molecule is Cn1ccnc1CCOc1ccc(CN)cc1F. The molecule has 2 aromatic rings. The Morgan fingerprint density at radius 2 is 2.28 bits per heavy atom. The molecule has 0 bridgehead atoms. The van der Waals surface area contributed by atoms with Gasteiger partial charge in [0.05, 0.1) is 6.61 Å². The van der Waals surface area contributed by atoms with Crippen molar-refractivity contribution in [1.29, 1.82) is 0 Å². The van der Waals surface area contributed by atoms with Crippen LogP contribution in [0.15, 0.2) is 30.6 Å².